The third-order valence-corrected chi connectivity index (χ3v) is 4.46. The van der Waals surface area contributed by atoms with Crippen molar-refractivity contribution in [2.45, 2.75) is 45.3 Å². The first-order valence-corrected chi connectivity index (χ1v) is 8.60. The molecule has 0 atom stereocenters. The fraction of sp³-hybridized carbons (Fsp3) is 0.500. The number of nitrogens with zero attached hydrogens (tertiary/aromatic N) is 4. The van der Waals surface area contributed by atoms with Crippen molar-refractivity contribution in [2.24, 2.45) is 0 Å². The zero-order valence-corrected chi connectivity index (χ0v) is 16.8. The number of carbonyl (C=O) groups excluding carboxylic acids is 1. The maximum absolute atomic E-state index is 13.1. The third-order valence-electron chi connectivity index (χ3n) is 4.46. The minimum atomic E-state index is 0. The fourth-order valence-electron chi connectivity index (χ4n) is 3.07. The van der Waals surface area contributed by atoms with Crippen LogP contribution in [-0.2, 0) is 6.54 Å². The highest BCUT2D eigenvalue weighted by Gasteiger charge is 2.27. The Morgan fingerprint density at radius 1 is 1.31 bits per heavy atom. The summed E-state index contributed by atoms with van der Waals surface area (Å²) < 4.78 is 1.83. The van der Waals surface area contributed by atoms with Crippen LogP contribution in [0.3, 0.4) is 0 Å². The molecule has 0 saturated carbocycles. The number of aromatic nitrogens is 3. The molecule has 1 saturated heterocycles. The van der Waals surface area contributed by atoms with E-state index in [9.17, 15) is 4.79 Å². The molecule has 0 aliphatic carbocycles. The molecule has 3 rings (SSSR count). The lowest BCUT2D eigenvalue weighted by molar-refractivity contribution is 0.0623. The van der Waals surface area contributed by atoms with Crippen molar-refractivity contribution in [3.63, 3.8) is 0 Å². The van der Waals surface area contributed by atoms with E-state index in [1.807, 2.05) is 34.1 Å². The predicted octanol–water partition coefficient (Wildman–Crippen LogP) is 3.10. The van der Waals surface area contributed by atoms with Gasteiger partial charge in [0.15, 0.2) is 0 Å². The fourth-order valence-corrected chi connectivity index (χ4v) is 3.07. The van der Waals surface area contributed by atoms with E-state index in [1.165, 1.54) is 0 Å². The summed E-state index contributed by atoms with van der Waals surface area (Å²) >= 11 is 0. The Labute approximate surface area is 167 Å². The van der Waals surface area contributed by atoms with Crippen molar-refractivity contribution in [2.75, 3.05) is 13.1 Å². The third kappa shape index (κ3) is 5.43. The first-order valence-electron chi connectivity index (χ1n) is 8.60. The van der Waals surface area contributed by atoms with Gasteiger partial charge in [-0.2, -0.15) is 5.10 Å². The molecule has 0 aromatic carbocycles. The first-order chi connectivity index (χ1) is 11.6. The highest BCUT2D eigenvalue weighted by molar-refractivity contribution is 5.94. The second kappa shape index (κ2) is 10.5. The Balaban J connectivity index is 0.00000169. The number of rotatable bonds is 5. The Kier molecular flexibility index (Phi) is 9.05. The molecule has 6 nitrogen and oxygen atoms in total. The van der Waals surface area contributed by atoms with Crippen LogP contribution in [0.1, 0.15) is 48.7 Å². The Morgan fingerprint density at radius 2 is 2.04 bits per heavy atom. The summed E-state index contributed by atoms with van der Waals surface area (Å²) in [5, 5.41) is 7.68. The summed E-state index contributed by atoms with van der Waals surface area (Å²) in [6.07, 6.45) is 9.07. The van der Waals surface area contributed by atoms with E-state index in [0.717, 1.165) is 31.5 Å². The van der Waals surface area contributed by atoms with Crippen LogP contribution in [0.2, 0.25) is 0 Å². The van der Waals surface area contributed by atoms with Gasteiger partial charge in [-0.1, -0.05) is 6.07 Å². The molecule has 1 amide bonds. The van der Waals surface area contributed by atoms with Gasteiger partial charge in [-0.25, -0.2) is 0 Å². The first kappa shape index (κ1) is 22.4. The molecule has 1 aliphatic heterocycles. The number of carbonyl (C=O) groups is 1. The van der Waals surface area contributed by atoms with Crippen molar-refractivity contribution in [3.8, 4) is 0 Å². The number of hydrogen-bond donors (Lipinski definition) is 1. The molecule has 1 N–H and O–H groups in total. The molecule has 144 valence electrons. The average molecular weight is 400 g/mol. The van der Waals surface area contributed by atoms with Crippen LogP contribution in [0.5, 0.6) is 0 Å². The SMILES string of the molecule is CC(C)n1cc(C(=O)N(Cc2cccnc2)C2CCNCC2)cn1.Cl.Cl. The van der Waals surface area contributed by atoms with Gasteiger partial charge in [-0.15, -0.1) is 24.8 Å². The molecular formula is C18H27Cl2N5O. The van der Waals surface area contributed by atoms with Gasteiger partial charge in [-0.05, 0) is 51.4 Å². The molecule has 0 spiro atoms. The number of halogens is 2. The maximum atomic E-state index is 13.1. The number of pyridine rings is 1. The lowest BCUT2D eigenvalue weighted by Crippen LogP contribution is -2.45. The van der Waals surface area contributed by atoms with Crippen LogP contribution in [0, 0.1) is 0 Å². The van der Waals surface area contributed by atoms with Crippen LogP contribution >= 0.6 is 24.8 Å². The van der Waals surface area contributed by atoms with Crippen LogP contribution in [-0.4, -0.2) is 44.7 Å². The molecule has 1 fully saturated rings. The predicted molar refractivity (Wildman–Crippen MR) is 107 cm³/mol. The van der Waals surface area contributed by atoms with E-state index >= 15 is 0 Å². The van der Waals surface area contributed by atoms with Crippen molar-refractivity contribution < 1.29 is 4.79 Å². The topological polar surface area (TPSA) is 63.1 Å². The number of hydrogen-bond acceptors (Lipinski definition) is 4. The molecule has 2 aromatic rings. The maximum Gasteiger partial charge on any atom is 0.257 e. The van der Waals surface area contributed by atoms with Crippen LogP contribution in [0.15, 0.2) is 36.9 Å². The monoisotopic (exact) mass is 399 g/mol. The molecule has 3 heterocycles. The summed E-state index contributed by atoms with van der Waals surface area (Å²) in [6.45, 7) is 6.60. The Morgan fingerprint density at radius 3 is 2.62 bits per heavy atom. The van der Waals surface area contributed by atoms with E-state index < -0.39 is 0 Å². The normalized spacial score (nSPS) is 14.4. The smallest absolute Gasteiger partial charge is 0.257 e. The van der Waals surface area contributed by atoms with Gasteiger partial charge in [0.1, 0.15) is 0 Å². The van der Waals surface area contributed by atoms with Gasteiger partial charge < -0.3 is 10.2 Å². The standard InChI is InChI=1S/C18H25N5O.2ClH/c1-14(2)23-13-16(11-21-23)18(24)22(17-5-8-19-9-6-17)12-15-4-3-7-20-10-15;;/h3-4,7,10-11,13-14,17,19H,5-6,8-9,12H2,1-2H3;2*1H. The average Bonchev–Trinajstić information content (AvgIpc) is 3.11. The molecule has 0 radical (unpaired) electrons. The van der Waals surface area contributed by atoms with Gasteiger partial charge in [0, 0.05) is 37.2 Å². The van der Waals surface area contributed by atoms with Crippen LogP contribution in [0.25, 0.3) is 0 Å². The molecule has 26 heavy (non-hydrogen) atoms. The van der Waals surface area contributed by atoms with Gasteiger partial charge in [0.05, 0.1) is 11.8 Å². The summed E-state index contributed by atoms with van der Waals surface area (Å²) in [5.74, 6) is 0.0534. The largest absolute Gasteiger partial charge is 0.331 e. The Bertz CT molecular complexity index is 671. The van der Waals surface area contributed by atoms with Gasteiger partial charge >= 0.3 is 0 Å². The molecule has 0 bridgehead atoms. The van der Waals surface area contributed by atoms with Crippen LogP contribution < -0.4 is 5.32 Å². The molecule has 1 aliphatic rings. The van der Waals surface area contributed by atoms with Crippen molar-refractivity contribution >= 4 is 30.7 Å². The quantitative estimate of drug-likeness (QED) is 0.838. The highest BCUT2D eigenvalue weighted by atomic mass is 35.5. The van der Waals surface area contributed by atoms with E-state index in [0.29, 0.717) is 12.1 Å². The van der Waals surface area contributed by atoms with E-state index in [4.69, 9.17) is 0 Å². The van der Waals surface area contributed by atoms with E-state index in [-0.39, 0.29) is 42.8 Å². The number of nitrogens with one attached hydrogen (secondary N) is 1. The van der Waals surface area contributed by atoms with Crippen LogP contribution in [0.4, 0.5) is 0 Å². The molecule has 0 unspecified atom stereocenters. The second-order valence-corrected chi connectivity index (χ2v) is 6.58. The number of piperidine rings is 1. The zero-order chi connectivity index (χ0) is 16.9. The second-order valence-electron chi connectivity index (χ2n) is 6.58. The molecule has 2 aromatic heterocycles. The summed E-state index contributed by atoms with van der Waals surface area (Å²) in [4.78, 5) is 19.3. The minimum absolute atomic E-state index is 0. The van der Waals surface area contributed by atoms with Crippen molar-refractivity contribution in [3.05, 3.63) is 48.0 Å². The van der Waals surface area contributed by atoms with Gasteiger partial charge in [0.2, 0.25) is 0 Å². The number of amides is 1. The van der Waals surface area contributed by atoms with Crippen molar-refractivity contribution in [1.82, 2.24) is 25.0 Å². The Hall–Kier alpha value is -1.63. The highest BCUT2D eigenvalue weighted by Crippen LogP contribution is 2.19. The summed E-state index contributed by atoms with van der Waals surface area (Å²) in [5.41, 5.74) is 1.71. The summed E-state index contributed by atoms with van der Waals surface area (Å²) in [7, 11) is 0. The van der Waals surface area contributed by atoms with E-state index in [1.54, 1.807) is 12.4 Å². The van der Waals surface area contributed by atoms with E-state index in [2.05, 4.69) is 29.2 Å². The zero-order valence-electron chi connectivity index (χ0n) is 15.2. The minimum Gasteiger partial charge on any atom is -0.331 e. The molecule has 8 heteroatoms. The van der Waals surface area contributed by atoms with Gasteiger partial charge in [-0.3, -0.25) is 14.5 Å². The lowest BCUT2D eigenvalue weighted by Gasteiger charge is -2.34. The van der Waals surface area contributed by atoms with Crippen molar-refractivity contribution in [1.29, 1.82) is 0 Å². The lowest BCUT2D eigenvalue weighted by atomic mass is 10.0. The summed E-state index contributed by atoms with van der Waals surface area (Å²) in [6, 6.07) is 4.43. The molecular weight excluding hydrogens is 373 g/mol. The van der Waals surface area contributed by atoms with Gasteiger partial charge in [0.25, 0.3) is 5.91 Å².